The average molecular weight is 401 g/mol. The molecule has 0 saturated carbocycles. The highest BCUT2D eigenvalue weighted by molar-refractivity contribution is 6.00. The van der Waals surface area contributed by atoms with Crippen molar-refractivity contribution >= 4 is 17.3 Å². The Bertz CT molecular complexity index is 896. The lowest BCUT2D eigenvalue weighted by molar-refractivity contribution is -0.384. The molecule has 1 heterocycles. The van der Waals surface area contributed by atoms with Gasteiger partial charge in [0.2, 0.25) is 0 Å². The van der Waals surface area contributed by atoms with Crippen molar-refractivity contribution in [2.75, 3.05) is 45.4 Å². The maximum Gasteiger partial charge on any atom is 0.270 e. The number of nitrogens with zero attached hydrogens (tertiary/aromatic N) is 2. The highest BCUT2D eigenvalue weighted by atomic mass is 16.6. The molecule has 9 heteroatoms. The summed E-state index contributed by atoms with van der Waals surface area (Å²) in [6.45, 7) is 2.49. The molecule has 1 N–H and O–H groups in total. The Kier molecular flexibility index (Phi) is 6.50. The Hall–Kier alpha value is -3.33. The molecule has 2 aromatic carbocycles. The number of anilines is 1. The number of nitro groups is 1. The molecule has 0 bridgehead atoms. The summed E-state index contributed by atoms with van der Waals surface area (Å²) in [5.41, 5.74) is 1.50. The molecule has 1 aliphatic rings. The Morgan fingerprint density at radius 2 is 1.93 bits per heavy atom. The van der Waals surface area contributed by atoms with Gasteiger partial charge in [-0.15, -0.1) is 0 Å². The number of rotatable bonds is 7. The lowest BCUT2D eigenvalue weighted by atomic mass is 10.1. The lowest BCUT2D eigenvalue weighted by Crippen LogP contribution is -2.38. The van der Waals surface area contributed by atoms with Crippen molar-refractivity contribution in [1.82, 2.24) is 5.32 Å². The first-order chi connectivity index (χ1) is 14.0. The summed E-state index contributed by atoms with van der Waals surface area (Å²) >= 11 is 0. The van der Waals surface area contributed by atoms with Gasteiger partial charge in [0, 0.05) is 37.3 Å². The molecule has 2 aromatic rings. The van der Waals surface area contributed by atoms with Crippen LogP contribution in [-0.2, 0) is 11.3 Å². The minimum absolute atomic E-state index is 0.133. The quantitative estimate of drug-likeness (QED) is 0.561. The molecule has 1 amide bonds. The highest BCUT2D eigenvalue weighted by Gasteiger charge is 2.22. The predicted molar refractivity (Wildman–Crippen MR) is 107 cm³/mol. The van der Waals surface area contributed by atoms with Gasteiger partial charge in [-0.3, -0.25) is 14.9 Å². The van der Waals surface area contributed by atoms with E-state index in [1.165, 1.54) is 12.1 Å². The molecular weight excluding hydrogens is 378 g/mol. The zero-order valence-electron chi connectivity index (χ0n) is 16.3. The standard InChI is InChI=1S/C20H23N3O6/c1-27-16-4-6-19(28-2)14(11-16)13-21-20(24)17-12-15(23(25)26)3-5-18(17)22-7-9-29-10-8-22/h3-6,11-12H,7-10,13H2,1-2H3,(H,21,24). The number of morpholine rings is 1. The summed E-state index contributed by atoms with van der Waals surface area (Å²) in [6, 6.07) is 9.63. The second-order valence-electron chi connectivity index (χ2n) is 6.42. The molecule has 0 radical (unpaired) electrons. The number of carbonyl (C=O) groups is 1. The van der Waals surface area contributed by atoms with E-state index in [9.17, 15) is 14.9 Å². The fourth-order valence-electron chi connectivity index (χ4n) is 3.19. The number of ether oxygens (including phenoxy) is 3. The Labute approximate surface area is 168 Å². The van der Waals surface area contributed by atoms with Crippen molar-refractivity contribution in [3.63, 3.8) is 0 Å². The summed E-state index contributed by atoms with van der Waals surface area (Å²) in [6.07, 6.45) is 0. The monoisotopic (exact) mass is 401 g/mol. The zero-order chi connectivity index (χ0) is 20.8. The molecule has 0 atom stereocenters. The Morgan fingerprint density at radius 3 is 2.59 bits per heavy atom. The molecular formula is C20H23N3O6. The van der Waals surface area contributed by atoms with E-state index in [-0.39, 0.29) is 17.8 Å². The van der Waals surface area contributed by atoms with Crippen LogP contribution in [0.15, 0.2) is 36.4 Å². The van der Waals surface area contributed by atoms with E-state index in [1.54, 1.807) is 38.5 Å². The number of hydrogen-bond acceptors (Lipinski definition) is 7. The van der Waals surface area contributed by atoms with Gasteiger partial charge in [0.1, 0.15) is 11.5 Å². The van der Waals surface area contributed by atoms with Crippen LogP contribution in [0.2, 0.25) is 0 Å². The fraction of sp³-hybridized carbons (Fsp3) is 0.350. The third kappa shape index (κ3) is 4.75. The van der Waals surface area contributed by atoms with Gasteiger partial charge in [0.25, 0.3) is 11.6 Å². The van der Waals surface area contributed by atoms with E-state index >= 15 is 0 Å². The number of methoxy groups -OCH3 is 2. The third-order valence-corrected chi connectivity index (χ3v) is 4.71. The van der Waals surface area contributed by atoms with Crippen LogP contribution >= 0.6 is 0 Å². The Morgan fingerprint density at radius 1 is 1.17 bits per heavy atom. The summed E-state index contributed by atoms with van der Waals surface area (Å²) in [5.74, 6) is 0.845. The molecule has 0 aliphatic carbocycles. The zero-order valence-corrected chi connectivity index (χ0v) is 16.3. The normalized spacial score (nSPS) is 13.7. The van der Waals surface area contributed by atoms with Gasteiger partial charge in [-0.2, -0.15) is 0 Å². The van der Waals surface area contributed by atoms with E-state index in [1.807, 2.05) is 4.90 Å². The van der Waals surface area contributed by atoms with Crippen molar-refractivity contribution in [3.8, 4) is 11.5 Å². The second kappa shape index (κ2) is 9.24. The van der Waals surface area contributed by atoms with Gasteiger partial charge in [0.05, 0.1) is 43.6 Å². The molecule has 1 aliphatic heterocycles. The maximum atomic E-state index is 12.9. The lowest BCUT2D eigenvalue weighted by Gasteiger charge is -2.30. The predicted octanol–water partition coefficient (Wildman–Crippen LogP) is 2.38. The molecule has 0 spiro atoms. The SMILES string of the molecule is COc1ccc(OC)c(CNC(=O)c2cc([N+](=O)[O-])ccc2N2CCOCC2)c1. The number of nitro benzene ring substituents is 1. The topological polar surface area (TPSA) is 103 Å². The van der Waals surface area contributed by atoms with Crippen LogP contribution in [0.1, 0.15) is 15.9 Å². The second-order valence-corrected chi connectivity index (χ2v) is 6.42. The van der Waals surface area contributed by atoms with Crippen LogP contribution in [0.5, 0.6) is 11.5 Å². The molecule has 1 saturated heterocycles. The van der Waals surface area contributed by atoms with Gasteiger partial charge < -0.3 is 24.4 Å². The highest BCUT2D eigenvalue weighted by Crippen LogP contribution is 2.27. The van der Waals surface area contributed by atoms with Crippen LogP contribution in [0.25, 0.3) is 0 Å². The number of amides is 1. The smallest absolute Gasteiger partial charge is 0.270 e. The van der Waals surface area contributed by atoms with Crippen molar-refractivity contribution in [2.45, 2.75) is 6.54 Å². The number of benzene rings is 2. The molecule has 29 heavy (non-hydrogen) atoms. The van der Waals surface area contributed by atoms with E-state index in [2.05, 4.69) is 5.32 Å². The van der Waals surface area contributed by atoms with E-state index in [0.29, 0.717) is 43.5 Å². The summed E-state index contributed by atoms with van der Waals surface area (Å²) < 4.78 is 15.9. The minimum Gasteiger partial charge on any atom is -0.497 e. The van der Waals surface area contributed by atoms with Gasteiger partial charge in [-0.25, -0.2) is 0 Å². The van der Waals surface area contributed by atoms with Crippen molar-refractivity contribution < 1.29 is 23.9 Å². The molecule has 1 fully saturated rings. The first kappa shape index (κ1) is 20.4. The van der Waals surface area contributed by atoms with Gasteiger partial charge in [-0.1, -0.05) is 0 Å². The van der Waals surface area contributed by atoms with Gasteiger partial charge >= 0.3 is 0 Å². The number of hydrogen-bond donors (Lipinski definition) is 1. The summed E-state index contributed by atoms with van der Waals surface area (Å²) in [5, 5.41) is 14.0. The minimum atomic E-state index is -0.509. The van der Waals surface area contributed by atoms with E-state index in [4.69, 9.17) is 14.2 Å². The molecule has 0 aromatic heterocycles. The van der Waals surface area contributed by atoms with Crippen molar-refractivity contribution in [1.29, 1.82) is 0 Å². The molecule has 0 unspecified atom stereocenters. The number of carbonyl (C=O) groups excluding carboxylic acids is 1. The summed E-state index contributed by atoms with van der Waals surface area (Å²) in [4.78, 5) is 25.6. The van der Waals surface area contributed by atoms with Gasteiger partial charge in [0.15, 0.2) is 0 Å². The molecule has 9 nitrogen and oxygen atoms in total. The fourth-order valence-corrected chi connectivity index (χ4v) is 3.19. The van der Waals surface area contributed by atoms with Crippen LogP contribution in [0.3, 0.4) is 0 Å². The van der Waals surface area contributed by atoms with Crippen LogP contribution in [0, 0.1) is 10.1 Å². The van der Waals surface area contributed by atoms with Crippen molar-refractivity contribution in [3.05, 3.63) is 57.6 Å². The average Bonchev–Trinajstić information content (AvgIpc) is 2.77. The first-order valence-corrected chi connectivity index (χ1v) is 9.13. The van der Waals surface area contributed by atoms with Gasteiger partial charge in [-0.05, 0) is 24.3 Å². The van der Waals surface area contributed by atoms with Crippen LogP contribution < -0.4 is 19.7 Å². The first-order valence-electron chi connectivity index (χ1n) is 9.13. The Balaban J connectivity index is 1.85. The van der Waals surface area contributed by atoms with Crippen molar-refractivity contribution in [2.24, 2.45) is 0 Å². The largest absolute Gasteiger partial charge is 0.497 e. The molecule has 3 rings (SSSR count). The maximum absolute atomic E-state index is 12.9. The number of non-ortho nitro benzene ring substituents is 1. The third-order valence-electron chi connectivity index (χ3n) is 4.71. The van der Waals surface area contributed by atoms with E-state index < -0.39 is 10.8 Å². The van der Waals surface area contributed by atoms with Crippen LogP contribution in [0.4, 0.5) is 11.4 Å². The molecule has 154 valence electrons. The van der Waals surface area contributed by atoms with Crippen LogP contribution in [-0.4, -0.2) is 51.4 Å². The van der Waals surface area contributed by atoms with E-state index in [0.717, 1.165) is 5.56 Å². The number of nitrogens with one attached hydrogen (secondary N) is 1. The summed E-state index contributed by atoms with van der Waals surface area (Å²) in [7, 11) is 3.10.